The Morgan fingerprint density at radius 1 is 1.56 bits per heavy atom. The van der Waals surface area contributed by atoms with Gasteiger partial charge >= 0.3 is 0 Å². The Morgan fingerprint density at radius 3 is 3.06 bits per heavy atom. The first kappa shape index (κ1) is 13.0. The smallest absolute Gasteiger partial charge is 0.242 e. The summed E-state index contributed by atoms with van der Waals surface area (Å²) in [4.78, 5) is 16.3. The molecule has 0 bridgehead atoms. The fourth-order valence-corrected chi connectivity index (χ4v) is 2.32. The molecule has 1 fully saturated rings. The molecule has 2 rings (SSSR count). The molecule has 1 saturated heterocycles. The normalized spacial score (nSPS) is 23.7. The monoisotopic (exact) mass is 247 g/mol. The number of amides is 1. The highest BCUT2D eigenvalue weighted by molar-refractivity contribution is 5.94. The third-order valence-electron chi connectivity index (χ3n) is 3.57. The highest BCUT2D eigenvalue weighted by Gasteiger charge is 2.25. The van der Waals surface area contributed by atoms with Gasteiger partial charge in [0.1, 0.15) is 5.82 Å². The van der Waals surface area contributed by atoms with Crippen LogP contribution in [0.2, 0.25) is 0 Å². The lowest BCUT2D eigenvalue weighted by atomic mass is 9.90. The van der Waals surface area contributed by atoms with Gasteiger partial charge < -0.3 is 10.6 Å². The van der Waals surface area contributed by atoms with Crippen molar-refractivity contribution in [2.45, 2.75) is 39.2 Å². The summed E-state index contributed by atoms with van der Waals surface area (Å²) in [6.45, 7) is 5.09. The van der Waals surface area contributed by atoms with Gasteiger partial charge in [0.25, 0.3) is 0 Å². The number of rotatable bonds is 3. The highest BCUT2D eigenvalue weighted by Crippen LogP contribution is 2.20. The first-order chi connectivity index (χ1) is 8.69. The lowest BCUT2D eigenvalue weighted by Crippen LogP contribution is -2.46. The van der Waals surface area contributed by atoms with Crippen molar-refractivity contribution < 1.29 is 4.79 Å². The molecule has 0 aliphatic carbocycles. The lowest BCUT2D eigenvalue weighted by Gasteiger charge is -2.28. The van der Waals surface area contributed by atoms with E-state index in [4.69, 9.17) is 0 Å². The van der Waals surface area contributed by atoms with E-state index in [1.807, 2.05) is 19.1 Å². The van der Waals surface area contributed by atoms with Gasteiger partial charge in [0.05, 0.1) is 6.04 Å². The molecule has 1 aliphatic rings. The first-order valence-corrected chi connectivity index (χ1v) is 6.66. The zero-order valence-electron chi connectivity index (χ0n) is 11.1. The molecule has 2 heterocycles. The minimum Gasteiger partial charge on any atom is -0.309 e. The summed E-state index contributed by atoms with van der Waals surface area (Å²) >= 11 is 0. The van der Waals surface area contributed by atoms with Crippen LogP contribution in [0.4, 0.5) is 5.82 Å². The van der Waals surface area contributed by atoms with Crippen LogP contribution in [0.3, 0.4) is 0 Å². The number of pyridine rings is 1. The Morgan fingerprint density at radius 2 is 2.39 bits per heavy atom. The number of aromatic nitrogens is 1. The van der Waals surface area contributed by atoms with Crippen molar-refractivity contribution in [3.8, 4) is 0 Å². The highest BCUT2D eigenvalue weighted by atomic mass is 16.2. The molecule has 18 heavy (non-hydrogen) atoms. The van der Waals surface area contributed by atoms with E-state index in [9.17, 15) is 4.79 Å². The van der Waals surface area contributed by atoms with E-state index >= 15 is 0 Å². The predicted molar refractivity (Wildman–Crippen MR) is 72.4 cm³/mol. The Bertz CT molecular complexity index is 402. The van der Waals surface area contributed by atoms with Crippen molar-refractivity contribution in [2.75, 3.05) is 11.9 Å². The zero-order chi connectivity index (χ0) is 13.0. The zero-order valence-corrected chi connectivity index (χ0v) is 11.1. The number of carbonyl (C=O) groups is 1. The van der Waals surface area contributed by atoms with Crippen LogP contribution in [-0.4, -0.2) is 23.5 Å². The minimum absolute atomic E-state index is 0.0319. The van der Waals surface area contributed by atoms with Gasteiger partial charge in [-0.3, -0.25) is 4.79 Å². The summed E-state index contributed by atoms with van der Waals surface area (Å²) in [7, 11) is 0. The molecule has 0 radical (unpaired) electrons. The second-order valence-corrected chi connectivity index (χ2v) is 5.02. The third-order valence-corrected chi connectivity index (χ3v) is 3.57. The summed E-state index contributed by atoms with van der Waals surface area (Å²) in [5, 5.41) is 6.15. The molecule has 0 saturated carbocycles. The van der Waals surface area contributed by atoms with Gasteiger partial charge in [-0.15, -0.1) is 0 Å². The predicted octanol–water partition coefficient (Wildman–Crippen LogP) is 2.11. The maximum Gasteiger partial charge on any atom is 0.242 e. The molecule has 2 N–H and O–H groups in total. The molecule has 0 spiro atoms. The van der Waals surface area contributed by atoms with Crippen LogP contribution in [0.25, 0.3) is 0 Å². The Labute approximate surface area is 108 Å². The molecule has 0 aromatic carbocycles. The maximum atomic E-state index is 12.1. The number of nitrogens with zero attached hydrogens (tertiary/aromatic N) is 1. The van der Waals surface area contributed by atoms with E-state index in [1.54, 1.807) is 6.20 Å². The molecule has 1 amide bonds. The topological polar surface area (TPSA) is 54.0 Å². The molecular weight excluding hydrogens is 226 g/mol. The standard InChI is InChI=1S/C14H21N3O/c1-3-11-6-7-15-12(8-11)14(18)17-13-5-4-10(2)9-16-13/h4-5,9,11-12,15H,3,6-8H2,1-2H3,(H,16,17,18). The van der Waals surface area contributed by atoms with Crippen molar-refractivity contribution in [1.82, 2.24) is 10.3 Å². The minimum atomic E-state index is -0.0770. The third kappa shape index (κ3) is 3.29. The number of carbonyl (C=O) groups excluding carboxylic acids is 1. The van der Waals surface area contributed by atoms with Gasteiger partial charge in [0.2, 0.25) is 5.91 Å². The van der Waals surface area contributed by atoms with Crippen LogP contribution < -0.4 is 10.6 Å². The number of hydrogen-bond donors (Lipinski definition) is 2. The van der Waals surface area contributed by atoms with Gasteiger partial charge in [0.15, 0.2) is 0 Å². The molecule has 98 valence electrons. The quantitative estimate of drug-likeness (QED) is 0.860. The first-order valence-electron chi connectivity index (χ1n) is 6.66. The second kappa shape index (κ2) is 5.96. The SMILES string of the molecule is CCC1CCNC(C(=O)Nc2ccc(C)cn2)C1. The molecular formula is C14H21N3O. The van der Waals surface area contributed by atoms with Crippen molar-refractivity contribution >= 4 is 11.7 Å². The van der Waals surface area contributed by atoms with E-state index in [1.165, 1.54) is 6.42 Å². The van der Waals surface area contributed by atoms with E-state index in [2.05, 4.69) is 22.5 Å². The number of anilines is 1. The largest absolute Gasteiger partial charge is 0.309 e. The summed E-state index contributed by atoms with van der Waals surface area (Å²) in [5.41, 5.74) is 1.09. The average Bonchev–Trinajstić information content (AvgIpc) is 2.41. The van der Waals surface area contributed by atoms with Gasteiger partial charge in [-0.1, -0.05) is 19.4 Å². The van der Waals surface area contributed by atoms with E-state index < -0.39 is 0 Å². The molecule has 1 aromatic rings. The number of nitrogens with one attached hydrogen (secondary N) is 2. The van der Waals surface area contributed by atoms with E-state index in [0.29, 0.717) is 11.7 Å². The lowest BCUT2D eigenvalue weighted by molar-refractivity contribution is -0.119. The van der Waals surface area contributed by atoms with Crippen molar-refractivity contribution in [1.29, 1.82) is 0 Å². The van der Waals surface area contributed by atoms with Crippen LogP contribution >= 0.6 is 0 Å². The van der Waals surface area contributed by atoms with Gasteiger partial charge in [-0.05, 0) is 43.9 Å². The molecule has 2 unspecified atom stereocenters. The van der Waals surface area contributed by atoms with Crippen LogP contribution in [0, 0.1) is 12.8 Å². The average molecular weight is 247 g/mol. The molecule has 4 nitrogen and oxygen atoms in total. The Kier molecular flexibility index (Phi) is 4.31. The number of aryl methyl sites for hydroxylation is 1. The summed E-state index contributed by atoms with van der Waals surface area (Å²) in [5.74, 6) is 1.32. The maximum absolute atomic E-state index is 12.1. The van der Waals surface area contributed by atoms with E-state index in [-0.39, 0.29) is 11.9 Å². The molecule has 1 aliphatic heterocycles. The summed E-state index contributed by atoms with van der Waals surface area (Å²) < 4.78 is 0. The number of piperidine rings is 1. The Balaban J connectivity index is 1.93. The van der Waals surface area contributed by atoms with Crippen LogP contribution in [0.5, 0.6) is 0 Å². The number of hydrogen-bond acceptors (Lipinski definition) is 3. The van der Waals surface area contributed by atoms with Crippen molar-refractivity contribution in [3.05, 3.63) is 23.9 Å². The fourth-order valence-electron chi connectivity index (χ4n) is 2.32. The summed E-state index contributed by atoms with van der Waals surface area (Å²) in [6.07, 6.45) is 5.00. The van der Waals surface area contributed by atoms with Crippen LogP contribution in [0.15, 0.2) is 18.3 Å². The second-order valence-electron chi connectivity index (χ2n) is 5.02. The molecule has 1 aromatic heterocycles. The van der Waals surface area contributed by atoms with Crippen molar-refractivity contribution in [3.63, 3.8) is 0 Å². The fraction of sp³-hybridized carbons (Fsp3) is 0.571. The van der Waals surface area contributed by atoms with Gasteiger partial charge in [0, 0.05) is 6.20 Å². The van der Waals surface area contributed by atoms with Gasteiger partial charge in [-0.2, -0.15) is 0 Å². The van der Waals surface area contributed by atoms with Crippen molar-refractivity contribution in [2.24, 2.45) is 5.92 Å². The molecule has 4 heteroatoms. The van der Waals surface area contributed by atoms with Crippen LogP contribution in [0.1, 0.15) is 31.7 Å². The summed E-state index contributed by atoms with van der Waals surface area (Å²) in [6, 6.07) is 3.71. The molecule has 2 atom stereocenters. The van der Waals surface area contributed by atoms with Crippen LogP contribution in [-0.2, 0) is 4.79 Å². The van der Waals surface area contributed by atoms with Gasteiger partial charge in [-0.25, -0.2) is 4.98 Å². The van der Waals surface area contributed by atoms with E-state index in [0.717, 1.165) is 24.9 Å². The Hall–Kier alpha value is -1.42.